The molecule has 0 bridgehead atoms. The second kappa shape index (κ2) is 6.82. The van der Waals surface area contributed by atoms with Crippen molar-refractivity contribution in [3.05, 3.63) is 42.5 Å². The summed E-state index contributed by atoms with van der Waals surface area (Å²) in [6, 6.07) is 13.2. The molecule has 3 rings (SSSR count). The minimum absolute atomic E-state index is 0.0982. The van der Waals surface area contributed by atoms with Crippen molar-refractivity contribution in [3.63, 3.8) is 0 Å². The molecule has 1 heterocycles. The zero-order valence-electron chi connectivity index (χ0n) is 14.9. The van der Waals surface area contributed by atoms with Gasteiger partial charge in [-0.15, -0.1) is 0 Å². The Labute approximate surface area is 156 Å². The summed E-state index contributed by atoms with van der Waals surface area (Å²) in [4.78, 5) is 25.7. The first-order valence-electron chi connectivity index (χ1n) is 8.27. The summed E-state index contributed by atoms with van der Waals surface area (Å²) in [5.74, 6) is -1.06. The van der Waals surface area contributed by atoms with Crippen LogP contribution < -0.4 is 10.4 Å². The summed E-state index contributed by atoms with van der Waals surface area (Å²) in [5, 5.41) is 10.9. The molecule has 0 aromatic heterocycles. The molecule has 1 aliphatic rings. The van der Waals surface area contributed by atoms with Gasteiger partial charge in [-0.05, 0) is 29.8 Å². The van der Waals surface area contributed by atoms with Crippen molar-refractivity contribution in [1.82, 2.24) is 5.48 Å². The molecule has 1 aliphatic heterocycles. The highest BCUT2D eigenvalue weighted by atomic mass is 32.2. The number of hydrogen-bond acceptors (Lipinski definition) is 6. The molecule has 1 saturated heterocycles. The molecule has 27 heavy (non-hydrogen) atoms. The average Bonchev–Trinajstić information content (AvgIpc) is 2.99. The maximum atomic E-state index is 12.3. The molecule has 0 unspecified atom stereocenters. The van der Waals surface area contributed by atoms with Gasteiger partial charge in [-0.25, -0.2) is 18.7 Å². The average molecular weight is 392 g/mol. The number of carbonyl (C=O) groups excluding carboxylic acids is 2. The van der Waals surface area contributed by atoms with Gasteiger partial charge in [-0.2, -0.15) is 0 Å². The van der Waals surface area contributed by atoms with Gasteiger partial charge in [-0.1, -0.05) is 30.3 Å². The molecule has 2 aromatic rings. The van der Waals surface area contributed by atoms with Crippen LogP contribution in [0.4, 0.5) is 10.5 Å². The van der Waals surface area contributed by atoms with Gasteiger partial charge in [-0.3, -0.25) is 14.9 Å². The Hall–Kier alpha value is -2.65. The monoisotopic (exact) mass is 392 g/mol. The molecule has 0 saturated carbocycles. The number of benzene rings is 2. The fourth-order valence-electron chi connectivity index (χ4n) is 3.15. The largest absolute Gasteiger partial charge is 0.444 e. The molecular weight excluding hydrogens is 372 g/mol. The fourth-order valence-corrected chi connectivity index (χ4v) is 4.02. The van der Waals surface area contributed by atoms with Crippen LogP contribution in [0.3, 0.4) is 0 Å². The number of carbonyl (C=O) groups is 2. The fraction of sp³-hybridized carbons (Fsp3) is 0.333. The number of hydroxylamine groups is 1. The lowest BCUT2D eigenvalue weighted by atomic mass is 10.0. The van der Waals surface area contributed by atoms with Gasteiger partial charge >= 0.3 is 6.09 Å². The lowest BCUT2D eigenvalue weighted by Crippen LogP contribution is -2.51. The smallest absolute Gasteiger partial charge is 0.414 e. The van der Waals surface area contributed by atoms with Crippen LogP contribution in [0.5, 0.6) is 0 Å². The van der Waals surface area contributed by atoms with Gasteiger partial charge in [0, 0.05) is 18.4 Å². The van der Waals surface area contributed by atoms with Crippen LogP contribution in [0.1, 0.15) is 13.3 Å². The van der Waals surface area contributed by atoms with Crippen molar-refractivity contribution >= 4 is 38.3 Å². The number of fused-ring (bicyclic) bond motifs is 1. The minimum Gasteiger partial charge on any atom is -0.444 e. The molecular formula is C18H20N2O6S. The van der Waals surface area contributed by atoms with E-state index < -0.39 is 32.7 Å². The van der Waals surface area contributed by atoms with Crippen LogP contribution in [0.25, 0.3) is 10.8 Å². The maximum Gasteiger partial charge on any atom is 0.414 e. The van der Waals surface area contributed by atoms with Crippen LogP contribution in [-0.4, -0.2) is 49.3 Å². The van der Waals surface area contributed by atoms with Crippen molar-refractivity contribution in [2.45, 2.75) is 24.2 Å². The molecule has 2 N–H and O–H groups in total. The first kappa shape index (κ1) is 19.1. The van der Waals surface area contributed by atoms with E-state index in [0.29, 0.717) is 5.69 Å². The van der Waals surface area contributed by atoms with Crippen molar-refractivity contribution in [3.8, 4) is 0 Å². The zero-order chi connectivity index (χ0) is 19.8. The van der Waals surface area contributed by atoms with Gasteiger partial charge in [0.25, 0.3) is 5.91 Å². The minimum atomic E-state index is -3.87. The van der Waals surface area contributed by atoms with Gasteiger partial charge in [0.1, 0.15) is 6.10 Å². The number of hydrogen-bond donors (Lipinski definition) is 2. The Morgan fingerprint density at radius 2 is 1.96 bits per heavy atom. The van der Waals surface area contributed by atoms with E-state index in [1.807, 2.05) is 36.4 Å². The third-order valence-electron chi connectivity index (χ3n) is 4.94. The predicted molar refractivity (Wildman–Crippen MR) is 99.4 cm³/mol. The highest BCUT2D eigenvalue weighted by Gasteiger charge is 2.48. The summed E-state index contributed by atoms with van der Waals surface area (Å²) in [6.45, 7) is 1.29. The van der Waals surface area contributed by atoms with Crippen LogP contribution in [0.15, 0.2) is 42.5 Å². The summed E-state index contributed by atoms with van der Waals surface area (Å²) in [7, 11) is -3.87. The first-order valence-corrected chi connectivity index (χ1v) is 10.2. The SMILES string of the molecule is C[C@@](C[C@H]1CN(c2ccc3ccccc3c2)C(=O)O1)(C(=O)NO)S(C)(=O)=O. The van der Waals surface area contributed by atoms with E-state index in [4.69, 9.17) is 9.94 Å². The number of nitrogens with zero attached hydrogens (tertiary/aromatic N) is 1. The highest BCUT2D eigenvalue weighted by molar-refractivity contribution is 7.92. The number of anilines is 1. The molecule has 8 nitrogen and oxygen atoms in total. The molecule has 2 amide bonds. The predicted octanol–water partition coefficient (Wildman–Crippen LogP) is 1.86. The molecule has 0 spiro atoms. The van der Waals surface area contributed by atoms with E-state index in [2.05, 4.69) is 0 Å². The van der Waals surface area contributed by atoms with Gasteiger partial charge in [0.2, 0.25) is 0 Å². The van der Waals surface area contributed by atoms with Gasteiger partial charge in [0.15, 0.2) is 14.6 Å². The number of sulfone groups is 1. The molecule has 0 aliphatic carbocycles. The lowest BCUT2D eigenvalue weighted by molar-refractivity contribution is -0.132. The van der Waals surface area contributed by atoms with Crippen molar-refractivity contribution in [1.29, 1.82) is 0 Å². The zero-order valence-corrected chi connectivity index (χ0v) is 15.7. The third kappa shape index (κ3) is 3.47. The Bertz CT molecular complexity index is 1010. The van der Waals surface area contributed by atoms with Crippen LogP contribution >= 0.6 is 0 Å². The molecule has 0 radical (unpaired) electrons. The summed E-state index contributed by atoms with van der Waals surface area (Å²) >= 11 is 0. The summed E-state index contributed by atoms with van der Waals surface area (Å²) in [5.41, 5.74) is 2.01. The van der Waals surface area contributed by atoms with E-state index in [-0.39, 0.29) is 13.0 Å². The number of rotatable bonds is 5. The number of ether oxygens (including phenoxy) is 1. The quantitative estimate of drug-likeness (QED) is 0.593. The molecule has 9 heteroatoms. The lowest BCUT2D eigenvalue weighted by Gasteiger charge is -2.26. The molecule has 2 aromatic carbocycles. The Kier molecular flexibility index (Phi) is 4.83. The first-order chi connectivity index (χ1) is 12.7. The standard InChI is InChI=1S/C18H20N2O6S/c1-18(16(21)19-23,27(2,24)25)10-15-11-20(17(22)26-15)14-8-7-12-5-3-4-6-13(12)9-14/h3-9,15,23H,10-11H2,1-2H3,(H,19,21)/t15-,18+/m0/s1. The van der Waals surface area contributed by atoms with Crippen LogP contribution in [0, 0.1) is 0 Å². The van der Waals surface area contributed by atoms with Crippen molar-refractivity contribution in [2.75, 3.05) is 17.7 Å². The van der Waals surface area contributed by atoms with Crippen molar-refractivity contribution in [2.24, 2.45) is 0 Å². The van der Waals surface area contributed by atoms with Crippen LogP contribution in [0.2, 0.25) is 0 Å². The Morgan fingerprint density at radius 1 is 1.30 bits per heavy atom. The van der Waals surface area contributed by atoms with E-state index in [1.165, 1.54) is 17.3 Å². The van der Waals surface area contributed by atoms with Crippen LogP contribution in [-0.2, 0) is 19.4 Å². The Balaban J connectivity index is 1.85. The van der Waals surface area contributed by atoms with Crippen molar-refractivity contribution < 1.29 is 28.0 Å². The second-order valence-electron chi connectivity index (χ2n) is 6.80. The number of nitrogens with one attached hydrogen (secondary N) is 1. The second-order valence-corrected chi connectivity index (χ2v) is 9.24. The molecule has 2 atom stereocenters. The topological polar surface area (TPSA) is 113 Å². The highest BCUT2D eigenvalue weighted by Crippen LogP contribution is 2.31. The molecule has 1 fully saturated rings. The van der Waals surface area contributed by atoms with E-state index >= 15 is 0 Å². The van der Waals surface area contributed by atoms with E-state index in [1.54, 1.807) is 6.07 Å². The normalized spacial score (nSPS) is 19.6. The summed E-state index contributed by atoms with van der Waals surface area (Å²) in [6.07, 6.45) is -0.801. The van der Waals surface area contributed by atoms with Gasteiger partial charge in [0.05, 0.1) is 6.54 Å². The third-order valence-corrected chi connectivity index (χ3v) is 6.93. The van der Waals surface area contributed by atoms with Gasteiger partial charge < -0.3 is 4.74 Å². The number of amides is 2. The van der Waals surface area contributed by atoms with E-state index in [0.717, 1.165) is 17.0 Å². The van der Waals surface area contributed by atoms with E-state index in [9.17, 15) is 18.0 Å². The maximum absolute atomic E-state index is 12.3. The molecule has 144 valence electrons. The Morgan fingerprint density at radius 3 is 2.59 bits per heavy atom. The number of cyclic esters (lactones) is 1. The summed E-state index contributed by atoms with van der Waals surface area (Å²) < 4.78 is 27.6.